The number of aliphatic imine (C=N–C) groups is 1. The summed E-state index contributed by atoms with van der Waals surface area (Å²) < 4.78 is 5.37. The Morgan fingerprint density at radius 2 is 1.78 bits per heavy atom. The first-order valence-electron chi connectivity index (χ1n) is 7.06. The minimum absolute atomic E-state index is 0.211. The first-order valence-corrected chi connectivity index (χ1v) is 7.06. The molecule has 2 N–H and O–H groups in total. The summed E-state index contributed by atoms with van der Waals surface area (Å²) in [5.41, 5.74) is -0.211. The van der Waals surface area contributed by atoms with Gasteiger partial charge in [-0.2, -0.15) is 0 Å². The van der Waals surface area contributed by atoms with Crippen LogP contribution in [0.25, 0.3) is 0 Å². The molecule has 0 atom stereocenters. The Balaban J connectivity index is 4.32. The van der Waals surface area contributed by atoms with E-state index in [0.717, 1.165) is 19.0 Å². The largest absolute Gasteiger partial charge is 0.377 e. The van der Waals surface area contributed by atoms with Gasteiger partial charge in [-0.1, -0.05) is 26.7 Å². The first-order chi connectivity index (χ1) is 8.49. The molecular formula is C14H31N3O. The molecule has 0 saturated carbocycles. The van der Waals surface area contributed by atoms with Gasteiger partial charge in [0.2, 0.25) is 0 Å². The van der Waals surface area contributed by atoms with Gasteiger partial charge >= 0.3 is 0 Å². The third-order valence-electron chi connectivity index (χ3n) is 3.23. The summed E-state index contributed by atoms with van der Waals surface area (Å²) in [4.78, 5) is 4.57. The lowest BCUT2D eigenvalue weighted by Crippen LogP contribution is -2.41. The fourth-order valence-corrected chi connectivity index (χ4v) is 1.49. The maximum Gasteiger partial charge on any atom is 0.191 e. The molecule has 4 heteroatoms. The molecular weight excluding hydrogens is 226 g/mol. The average molecular weight is 257 g/mol. The predicted molar refractivity (Wildman–Crippen MR) is 79.1 cm³/mol. The molecule has 0 unspecified atom stereocenters. The average Bonchev–Trinajstić information content (AvgIpc) is 2.37. The van der Waals surface area contributed by atoms with Gasteiger partial charge < -0.3 is 15.4 Å². The molecule has 0 spiro atoms. The highest BCUT2D eigenvalue weighted by atomic mass is 16.5. The molecule has 0 bridgehead atoms. The molecule has 0 aromatic rings. The monoisotopic (exact) mass is 257 g/mol. The van der Waals surface area contributed by atoms with E-state index in [0.29, 0.717) is 12.5 Å². The molecule has 0 saturated heterocycles. The molecule has 0 heterocycles. The second kappa shape index (κ2) is 9.20. The van der Waals surface area contributed by atoms with E-state index in [2.05, 4.69) is 36.4 Å². The molecule has 18 heavy (non-hydrogen) atoms. The van der Waals surface area contributed by atoms with E-state index in [-0.39, 0.29) is 5.60 Å². The summed E-state index contributed by atoms with van der Waals surface area (Å²) in [6.07, 6.45) is 2.40. The molecule has 108 valence electrons. The summed E-state index contributed by atoms with van der Waals surface area (Å²) in [7, 11) is 1.72. The van der Waals surface area contributed by atoms with Crippen LogP contribution in [0, 0.1) is 5.92 Å². The summed E-state index contributed by atoms with van der Waals surface area (Å²) in [6.45, 7) is 13.1. The van der Waals surface area contributed by atoms with Crippen LogP contribution >= 0.6 is 0 Å². The van der Waals surface area contributed by atoms with Crippen molar-refractivity contribution in [1.82, 2.24) is 10.6 Å². The molecule has 4 nitrogen and oxygen atoms in total. The zero-order valence-corrected chi connectivity index (χ0v) is 13.0. The summed E-state index contributed by atoms with van der Waals surface area (Å²) >= 11 is 0. The fraction of sp³-hybridized carbons (Fsp3) is 0.929. The van der Waals surface area contributed by atoms with Gasteiger partial charge in [-0.15, -0.1) is 0 Å². The Morgan fingerprint density at radius 1 is 1.17 bits per heavy atom. The molecule has 0 aliphatic rings. The van der Waals surface area contributed by atoms with Gasteiger partial charge in [0.25, 0.3) is 0 Å². The van der Waals surface area contributed by atoms with E-state index < -0.39 is 0 Å². The van der Waals surface area contributed by atoms with Crippen molar-refractivity contribution in [3.63, 3.8) is 0 Å². The van der Waals surface area contributed by atoms with Gasteiger partial charge in [0, 0.05) is 20.2 Å². The summed E-state index contributed by atoms with van der Waals surface area (Å²) in [5.74, 6) is 1.60. The minimum Gasteiger partial charge on any atom is -0.377 e. The standard InChI is InChI=1S/C14H31N3O/c1-7-12(8-2)10-16-13(15-9-3)17-11-14(4,5)18-6/h12H,7-11H2,1-6H3,(H2,15,16,17). The zero-order chi connectivity index (χ0) is 14.0. The van der Waals surface area contributed by atoms with E-state index >= 15 is 0 Å². The van der Waals surface area contributed by atoms with Gasteiger partial charge in [-0.25, -0.2) is 0 Å². The highest BCUT2D eigenvalue weighted by Crippen LogP contribution is 2.07. The number of hydrogen-bond acceptors (Lipinski definition) is 2. The number of nitrogens with one attached hydrogen (secondary N) is 2. The van der Waals surface area contributed by atoms with Crippen molar-refractivity contribution in [3.8, 4) is 0 Å². The van der Waals surface area contributed by atoms with Crippen molar-refractivity contribution in [1.29, 1.82) is 0 Å². The van der Waals surface area contributed by atoms with E-state index in [1.165, 1.54) is 12.8 Å². The topological polar surface area (TPSA) is 45.7 Å². The van der Waals surface area contributed by atoms with Crippen molar-refractivity contribution in [3.05, 3.63) is 0 Å². The number of ether oxygens (including phenoxy) is 1. The lowest BCUT2D eigenvalue weighted by atomic mass is 10.0. The Hall–Kier alpha value is -0.770. The van der Waals surface area contributed by atoms with Crippen LogP contribution in [-0.4, -0.2) is 38.3 Å². The van der Waals surface area contributed by atoms with Crippen molar-refractivity contribution >= 4 is 5.96 Å². The second-order valence-corrected chi connectivity index (χ2v) is 5.22. The molecule has 0 aromatic heterocycles. The molecule has 0 aromatic carbocycles. The van der Waals surface area contributed by atoms with Crippen molar-refractivity contribution in [2.24, 2.45) is 10.9 Å². The quantitative estimate of drug-likeness (QED) is 0.518. The van der Waals surface area contributed by atoms with Crippen LogP contribution in [0.15, 0.2) is 4.99 Å². The van der Waals surface area contributed by atoms with Gasteiger partial charge in [-0.3, -0.25) is 4.99 Å². The molecule has 0 aliphatic carbocycles. The van der Waals surface area contributed by atoms with Crippen LogP contribution in [0.4, 0.5) is 0 Å². The smallest absolute Gasteiger partial charge is 0.191 e. The number of guanidine groups is 1. The fourth-order valence-electron chi connectivity index (χ4n) is 1.49. The van der Waals surface area contributed by atoms with Crippen molar-refractivity contribution < 1.29 is 4.74 Å². The highest BCUT2D eigenvalue weighted by Gasteiger charge is 2.15. The van der Waals surface area contributed by atoms with E-state index in [9.17, 15) is 0 Å². The molecule has 0 fully saturated rings. The van der Waals surface area contributed by atoms with Crippen LogP contribution in [0.2, 0.25) is 0 Å². The molecule has 0 radical (unpaired) electrons. The van der Waals surface area contributed by atoms with Crippen LogP contribution < -0.4 is 10.6 Å². The van der Waals surface area contributed by atoms with Gasteiger partial charge in [-0.05, 0) is 26.7 Å². The Bertz CT molecular complexity index is 235. The number of rotatable bonds is 8. The third-order valence-corrected chi connectivity index (χ3v) is 3.23. The van der Waals surface area contributed by atoms with Crippen LogP contribution in [0.1, 0.15) is 47.5 Å². The molecule has 0 rings (SSSR count). The number of methoxy groups -OCH3 is 1. The summed E-state index contributed by atoms with van der Waals surface area (Å²) in [6, 6.07) is 0. The maximum absolute atomic E-state index is 5.37. The van der Waals surface area contributed by atoms with E-state index in [4.69, 9.17) is 4.74 Å². The van der Waals surface area contributed by atoms with Gasteiger partial charge in [0.15, 0.2) is 5.96 Å². The Morgan fingerprint density at radius 3 is 2.22 bits per heavy atom. The third kappa shape index (κ3) is 7.54. The van der Waals surface area contributed by atoms with E-state index in [1.54, 1.807) is 7.11 Å². The SMILES string of the molecule is CCNC(=NCC(C)(C)OC)NCC(CC)CC. The predicted octanol–water partition coefficient (Wildman–Crippen LogP) is 2.40. The summed E-state index contributed by atoms with van der Waals surface area (Å²) in [5, 5.41) is 6.67. The Labute approximate surface area is 113 Å². The van der Waals surface area contributed by atoms with Crippen LogP contribution in [0.5, 0.6) is 0 Å². The van der Waals surface area contributed by atoms with E-state index in [1.807, 2.05) is 13.8 Å². The molecule has 0 amide bonds. The van der Waals surface area contributed by atoms with Gasteiger partial charge in [0.05, 0.1) is 12.1 Å². The highest BCUT2D eigenvalue weighted by molar-refractivity contribution is 5.79. The van der Waals surface area contributed by atoms with Crippen LogP contribution in [-0.2, 0) is 4.74 Å². The lowest BCUT2D eigenvalue weighted by Gasteiger charge is -2.22. The maximum atomic E-state index is 5.37. The first kappa shape index (κ1) is 17.2. The molecule has 0 aliphatic heterocycles. The van der Waals surface area contributed by atoms with Crippen LogP contribution in [0.3, 0.4) is 0 Å². The minimum atomic E-state index is -0.211. The second-order valence-electron chi connectivity index (χ2n) is 5.22. The Kier molecular flexibility index (Phi) is 8.81. The number of hydrogen-bond donors (Lipinski definition) is 2. The number of nitrogens with zero attached hydrogens (tertiary/aromatic N) is 1. The van der Waals surface area contributed by atoms with Crippen molar-refractivity contribution in [2.75, 3.05) is 26.7 Å². The van der Waals surface area contributed by atoms with Gasteiger partial charge in [0.1, 0.15) is 0 Å². The lowest BCUT2D eigenvalue weighted by molar-refractivity contribution is 0.0310. The zero-order valence-electron chi connectivity index (χ0n) is 13.0. The normalized spacial score (nSPS) is 12.9. The van der Waals surface area contributed by atoms with Crippen molar-refractivity contribution in [2.45, 2.75) is 53.1 Å².